The van der Waals surface area contributed by atoms with Gasteiger partial charge in [0, 0.05) is 0 Å². The Morgan fingerprint density at radius 3 is 1.25 bits per heavy atom. The van der Waals surface area contributed by atoms with E-state index in [1.54, 1.807) is 0 Å². The van der Waals surface area contributed by atoms with Crippen molar-refractivity contribution < 1.29 is 67.0 Å². The highest BCUT2D eigenvalue weighted by atomic mass is 19.4. The molecule has 0 saturated carbocycles. The average molecular weight is 392 g/mol. The van der Waals surface area contributed by atoms with Crippen molar-refractivity contribution in [2.75, 3.05) is 0 Å². The topological polar surface area (TPSA) is 37.3 Å². The standard InChI is InChI=1S/C9H5F13O2/c1-2(10)4(11,12)6(15,16)8(19,20)9(21,22)7(17,18)5(13,14)3(23)24/h2H,1H3,(H,23,24). The molecule has 0 spiro atoms. The Bertz CT molecular complexity index is 496. The van der Waals surface area contributed by atoms with Crippen LogP contribution in [-0.4, -0.2) is 52.8 Å². The van der Waals surface area contributed by atoms with Crippen molar-refractivity contribution in [2.24, 2.45) is 0 Å². The van der Waals surface area contributed by atoms with Gasteiger partial charge in [-0.3, -0.25) is 0 Å². The number of carbonyl (C=O) groups is 1. The van der Waals surface area contributed by atoms with Crippen molar-refractivity contribution in [1.82, 2.24) is 0 Å². The quantitative estimate of drug-likeness (QED) is 0.659. The third-order valence-corrected chi connectivity index (χ3v) is 2.76. The monoisotopic (exact) mass is 392 g/mol. The van der Waals surface area contributed by atoms with Crippen LogP contribution in [0.3, 0.4) is 0 Å². The molecule has 1 unspecified atom stereocenters. The average Bonchev–Trinajstić information content (AvgIpc) is 2.36. The maximum absolute atomic E-state index is 13.0. The van der Waals surface area contributed by atoms with Gasteiger partial charge in [0.2, 0.25) is 0 Å². The van der Waals surface area contributed by atoms with Crippen LogP contribution in [0.15, 0.2) is 0 Å². The van der Waals surface area contributed by atoms with Gasteiger partial charge in [-0.2, -0.15) is 52.7 Å². The number of hydrogen-bond donors (Lipinski definition) is 1. The largest absolute Gasteiger partial charge is 0.477 e. The molecule has 0 heterocycles. The van der Waals surface area contributed by atoms with E-state index in [9.17, 15) is 61.9 Å². The number of rotatable bonds is 7. The lowest BCUT2D eigenvalue weighted by Gasteiger charge is -2.40. The molecule has 0 bridgehead atoms. The first-order valence-electron chi connectivity index (χ1n) is 5.28. The Morgan fingerprint density at radius 2 is 1.00 bits per heavy atom. The predicted octanol–water partition coefficient (Wildman–Crippen LogP) is 4.24. The number of alkyl halides is 13. The summed E-state index contributed by atoms with van der Waals surface area (Å²) >= 11 is 0. The van der Waals surface area contributed by atoms with Crippen LogP contribution < -0.4 is 0 Å². The molecular weight excluding hydrogens is 387 g/mol. The molecule has 0 aromatic heterocycles. The molecule has 1 N–H and O–H groups in total. The molecule has 0 aliphatic rings. The van der Waals surface area contributed by atoms with Gasteiger partial charge in [-0.05, 0) is 6.92 Å². The Balaban J connectivity index is 6.43. The van der Waals surface area contributed by atoms with Gasteiger partial charge < -0.3 is 5.11 Å². The van der Waals surface area contributed by atoms with Gasteiger partial charge in [0.15, 0.2) is 6.17 Å². The van der Waals surface area contributed by atoms with E-state index in [-0.39, 0.29) is 0 Å². The molecule has 0 rings (SSSR count). The molecule has 2 nitrogen and oxygen atoms in total. The molecular formula is C9H5F13O2. The summed E-state index contributed by atoms with van der Waals surface area (Å²) in [6.45, 7) is -0.522. The van der Waals surface area contributed by atoms with E-state index < -0.39 is 54.6 Å². The molecule has 0 fully saturated rings. The lowest BCUT2D eigenvalue weighted by molar-refractivity contribution is -0.425. The van der Waals surface area contributed by atoms with Crippen LogP contribution >= 0.6 is 0 Å². The normalized spacial score (nSPS) is 16.9. The van der Waals surface area contributed by atoms with Crippen LogP contribution in [0.5, 0.6) is 0 Å². The molecule has 24 heavy (non-hydrogen) atoms. The second-order valence-corrected chi connectivity index (χ2v) is 4.42. The summed E-state index contributed by atoms with van der Waals surface area (Å²) in [5.74, 6) is -49.2. The highest BCUT2D eigenvalue weighted by Gasteiger charge is 2.91. The SMILES string of the molecule is CC(F)C(F)(F)C(F)(F)C(F)(F)C(F)(F)C(F)(F)C(F)(F)C(=O)O. The summed E-state index contributed by atoms with van der Waals surface area (Å²) in [4.78, 5) is 9.79. The second kappa shape index (κ2) is 5.54. The van der Waals surface area contributed by atoms with E-state index in [4.69, 9.17) is 5.11 Å². The zero-order valence-corrected chi connectivity index (χ0v) is 10.8. The van der Waals surface area contributed by atoms with Gasteiger partial charge in [-0.25, -0.2) is 9.18 Å². The second-order valence-electron chi connectivity index (χ2n) is 4.42. The van der Waals surface area contributed by atoms with Crippen molar-refractivity contribution in [1.29, 1.82) is 0 Å². The molecule has 1 atom stereocenters. The molecule has 0 radical (unpaired) electrons. The predicted molar refractivity (Wildman–Crippen MR) is 47.9 cm³/mol. The number of carboxylic acid groups (broad SMARTS) is 1. The van der Waals surface area contributed by atoms with Crippen LogP contribution in [0.1, 0.15) is 6.92 Å². The molecule has 15 heteroatoms. The van der Waals surface area contributed by atoms with E-state index in [0.29, 0.717) is 0 Å². The van der Waals surface area contributed by atoms with Gasteiger partial charge in [0.25, 0.3) is 0 Å². The number of halogens is 13. The Labute approximate surface area is 123 Å². The maximum atomic E-state index is 13.0. The van der Waals surface area contributed by atoms with Crippen molar-refractivity contribution in [2.45, 2.75) is 48.6 Å². The van der Waals surface area contributed by atoms with Crippen LogP contribution in [0.4, 0.5) is 57.1 Å². The summed E-state index contributed by atoms with van der Waals surface area (Å²) in [6.07, 6.45) is -4.29. The minimum absolute atomic E-state index is 0.522. The summed E-state index contributed by atoms with van der Waals surface area (Å²) in [5.41, 5.74) is 0. The molecule has 0 saturated heterocycles. The Morgan fingerprint density at radius 1 is 0.708 bits per heavy atom. The lowest BCUT2D eigenvalue weighted by Crippen LogP contribution is -2.72. The maximum Gasteiger partial charge on any atom is 0.410 e. The van der Waals surface area contributed by atoms with Gasteiger partial charge >= 0.3 is 41.5 Å². The number of hydrogen-bond acceptors (Lipinski definition) is 1. The van der Waals surface area contributed by atoms with E-state index in [1.165, 1.54) is 0 Å². The highest BCUT2D eigenvalue weighted by Crippen LogP contribution is 2.60. The third-order valence-electron chi connectivity index (χ3n) is 2.76. The Kier molecular flexibility index (Phi) is 5.21. The lowest BCUT2D eigenvalue weighted by atomic mass is 9.90. The molecule has 0 aromatic rings. The van der Waals surface area contributed by atoms with E-state index in [2.05, 4.69) is 0 Å². The van der Waals surface area contributed by atoms with Gasteiger partial charge in [0.1, 0.15) is 0 Å². The first kappa shape index (κ1) is 22.6. The zero-order valence-electron chi connectivity index (χ0n) is 10.8. The van der Waals surface area contributed by atoms with Crippen LogP contribution in [0.2, 0.25) is 0 Å². The summed E-state index contributed by atoms with van der Waals surface area (Å²) < 4.78 is 166. The summed E-state index contributed by atoms with van der Waals surface area (Å²) in [6, 6.07) is 0. The first-order valence-corrected chi connectivity index (χ1v) is 5.28. The third kappa shape index (κ3) is 2.55. The smallest absolute Gasteiger partial charge is 0.410 e. The number of carboxylic acids is 1. The van der Waals surface area contributed by atoms with Gasteiger partial charge in [0.05, 0.1) is 0 Å². The van der Waals surface area contributed by atoms with Crippen molar-refractivity contribution >= 4 is 5.97 Å². The summed E-state index contributed by atoms with van der Waals surface area (Å²) in [5, 5.41) is 7.65. The van der Waals surface area contributed by atoms with E-state index in [0.717, 1.165) is 0 Å². The number of aliphatic carboxylic acids is 1. The highest BCUT2D eigenvalue weighted by molar-refractivity contribution is 5.77. The van der Waals surface area contributed by atoms with Crippen LogP contribution in [-0.2, 0) is 4.79 Å². The fraction of sp³-hybridized carbons (Fsp3) is 0.889. The van der Waals surface area contributed by atoms with Crippen molar-refractivity contribution in [3.63, 3.8) is 0 Å². The molecule has 0 aliphatic heterocycles. The van der Waals surface area contributed by atoms with Crippen molar-refractivity contribution in [3.05, 3.63) is 0 Å². The van der Waals surface area contributed by atoms with E-state index >= 15 is 0 Å². The minimum Gasteiger partial charge on any atom is -0.477 e. The van der Waals surface area contributed by atoms with Crippen molar-refractivity contribution in [3.8, 4) is 0 Å². The summed E-state index contributed by atoms with van der Waals surface area (Å²) in [7, 11) is 0. The molecule has 0 amide bonds. The van der Waals surface area contributed by atoms with E-state index in [1.807, 2.05) is 0 Å². The minimum atomic E-state index is -8.01. The molecule has 0 aromatic carbocycles. The van der Waals surface area contributed by atoms with Crippen LogP contribution in [0.25, 0.3) is 0 Å². The molecule has 0 aliphatic carbocycles. The van der Waals surface area contributed by atoms with Gasteiger partial charge in [-0.15, -0.1) is 0 Å². The fourth-order valence-corrected chi connectivity index (χ4v) is 1.18. The molecule has 144 valence electrons. The Hall–Kier alpha value is -1.44. The first-order chi connectivity index (χ1) is 10.1. The van der Waals surface area contributed by atoms with Crippen LogP contribution in [0, 0.1) is 0 Å². The van der Waals surface area contributed by atoms with Gasteiger partial charge in [-0.1, -0.05) is 0 Å². The zero-order chi connectivity index (χ0) is 20.2. The fourth-order valence-electron chi connectivity index (χ4n) is 1.18.